The number of carbonyl (C=O) groups is 1. The van der Waals surface area contributed by atoms with Crippen LogP contribution < -0.4 is 10.1 Å². The van der Waals surface area contributed by atoms with Crippen LogP contribution in [0.1, 0.15) is 30.0 Å². The first-order chi connectivity index (χ1) is 13.6. The fourth-order valence-corrected chi connectivity index (χ4v) is 3.43. The molecule has 0 atom stereocenters. The number of hydrogen-bond acceptors (Lipinski definition) is 5. The zero-order valence-corrected chi connectivity index (χ0v) is 16.8. The van der Waals surface area contributed by atoms with Crippen LogP contribution in [0.25, 0.3) is 6.08 Å². The second kappa shape index (κ2) is 9.80. The second-order valence-electron chi connectivity index (χ2n) is 6.76. The molecule has 144 valence electrons. The Kier molecular flexibility index (Phi) is 6.92. The molecule has 0 fully saturated rings. The molecular formula is C22H23N3O2S. The van der Waals surface area contributed by atoms with Gasteiger partial charge in [0.1, 0.15) is 17.4 Å². The largest absolute Gasteiger partial charge is 0.489 e. The van der Waals surface area contributed by atoms with Crippen LogP contribution in [0.15, 0.2) is 60.7 Å². The van der Waals surface area contributed by atoms with E-state index in [1.165, 1.54) is 17.4 Å². The molecule has 6 heteroatoms. The minimum Gasteiger partial charge on any atom is -0.489 e. The third kappa shape index (κ3) is 6.32. The lowest BCUT2D eigenvalue weighted by molar-refractivity contribution is -0.111. The van der Waals surface area contributed by atoms with Gasteiger partial charge in [0.25, 0.3) is 0 Å². The monoisotopic (exact) mass is 393 g/mol. The summed E-state index contributed by atoms with van der Waals surface area (Å²) >= 11 is 1.41. The van der Waals surface area contributed by atoms with Gasteiger partial charge in [-0.1, -0.05) is 67.6 Å². The summed E-state index contributed by atoms with van der Waals surface area (Å²) < 4.78 is 5.76. The molecule has 0 radical (unpaired) electrons. The Morgan fingerprint density at radius 2 is 1.86 bits per heavy atom. The predicted octanol–water partition coefficient (Wildman–Crippen LogP) is 4.97. The number of carbonyl (C=O) groups excluding carboxylic acids is 1. The lowest BCUT2D eigenvalue weighted by Crippen LogP contribution is -2.07. The van der Waals surface area contributed by atoms with Crippen molar-refractivity contribution in [1.29, 1.82) is 0 Å². The van der Waals surface area contributed by atoms with Gasteiger partial charge < -0.3 is 4.74 Å². The summed E-state index contributed by atoms with van der Waals surface area (Å²) in [7, 11) is 0. The summed E-state index contributed by atoms with van der Waals surface area (Å²) in [6, 6.07) is 17.6. The molecule has 3 aromatic rings. The average molecular weight is 394 g/mol. The number of amides is 1. The Bertz CT molecular complexity index is 918. The molecule has 1 N–H and O–H groups in total. The van der Waals surface area contributed by atoms with Crippen LogP contribution in [0.4, 0.5) is 5.13 Å². The molecule has 0 aliphatic carbocycles. The van der Waals surface area contributed by atoms with Gasteiger partial charge in [-0.2, -0.15) is 0 Å². The molecule has 0 saturated heterocycles. The van der Waals surface area contributed by atoms with E-state index in [2.05, 4.69) is 29.4 Å². The molecule has 1 aromatic heterocycles. The van der Waals surface area contributed by atoms with Gasteiger partial charge in [-0.3, -0.25) is 10.1 Å². The molecule has 0 spiro atoms. The van der Waals surface area contributed by atoms with Crippen molar-refractivity contribution in [2.24, 2.45) is 5.92 Å². The second-order valence-corrected chi connectivity index (χ2v) is 7.83. The molecule has 5 nitrogen and oxygen atoms in total. The van der Waals surface area contributed by atoms with E-state index in [0.717, 1.165) is 28.3 Å². The average Bonchev–Trinajstić information content (AvgIpc) is 3.12. The van der Waals surface area contributed by atoms with Crippen LogP contribution in [-0.4, -0.2) is 16.1 Å². The van der Waals surface area contributed by atoms with Crippen molar-refractivity contribution in [3.63, 3.8) is 0 Å². The first-order valence-corrected chi connectivity index (χ1v) is 9.98. The van der Waals surface area contributed by atoms with Gasteiger partial charge in [0.2, 0.25) is 11.0 Å². The van der Waals surface area contributed by atoms with Gasteiger partial charge in [0, 0.05) is 12.5 Å². The Balaban J connectivity index is 1.49. The van der Waals surface area contributed by atoms with Crippen LogP contribution in [0.5, 0.6) is 5.75 Å². The first-order valence-electron chi connectivity index (χ1n) is 9.17. The Hall–Kier alpha value is -2.99. The normalized spacial score (nSPS) is 11.1. The molecular weight excluding hydrogens is 370 g/mol. The van der Waals surface area contributed by atoms with Crippen molar-refractivity contribution in [2.45, 2.75) is 26.9 Å². The van der Waals surface area contributed by atoms with Gasteiger partial charge in [0.15, 0.2) is 0 Å². The van der Waals surface area contributed by atoms with Crippen molar-refractivity contribution < 1.29 is 9.53 Å². The van der Waals surface area contributed by atoms with Gasteiger partial charge in [-0.25, -0.2) is 0 Å². The minimum atomic E-state index is -0.225. The molecule has 0 aliphatic rings. The molecule has 3 rings (SSSR count). The summed E-state index contributed by atoms with van der Waals surface area (Å²) in [5.74, 6) is 1.07. The number of nitrogens with one attached hydrogen (secondary N) is 1. The fraction of sp³-hybridized carbons (Fsp3) is 0.227. The van der Waals surface area contributed by atoms with Gasteiger partial charge in [-0.05, 0) is 35.3 Å². The van der Waals surface area contributed by atoms with Crippen LogP contribution in [0.2, 0.25) is 0 Å². The third-order valence-electron chi connectivity index (χ3n) is 3.84. The molecule has 0 unspecified atom stereocenters. The first kappa shape index (κ1) is 19.8. The van der Waals surface area contributed by atoms with E-state index in [-0.39, 0.29) is 5.91 Å². The Labute approximate surface area is 169 Å². The maximum Gasteiger partial charge on any atom is 0.250 e. The van der Waals surface area contributed by atoms with Crippen molar-refractivity contribution in [1.82, 2.24) is 10.2 Å². The summed E-state index contributed by atoms with van der Waals surface area (Å²) in [5, 5.41) is 12.3. The number of ether oxygens (including phenoxy) is 1. The fourth-order valence-electron chi connectivity index (χ4n) is 2.47. The highest BCUT2D eigenvalue weighted by atomic mass is 32.1. The summed E-state index contributed by atoms with van der Waals surface area (Å²) in [6.07, 6.45) is 4.11. The molecule has 28 heavy (non-hydrogen) atoms. The quantitative estimate of drug-likeness (QED) is 0.549. The van der Waals surface area contributed by atoms with Crippen LogP contribution in [0, 0.1) is 5.92 Å². The van der Waals surface area contributed by atoms with E-state index in [1.54, 1.807) is 6.08 Å². The lowest BCUT2D eigenvalue weighted by Gasteiger charge is -2.06. The van der Waals surface area contributed by atoms with Crippen molar-refractivity contribution in [3.05, 3.63) is 76.8 Å². The minimum absolute atomic E-state index is 0.225. The van der Waals surface area contributed by atoms with Crippen molar-refractivity contribution in [3.8, 4) is 5.75 Å². The van der Waals surface area contributed by atoms with E-state index in [0.29, 0.717) is 17.7 Å². The van der Waals surface area contributed by atoms with Gasteiger partial charge in [0.05, 0.1) is 0 Å². The smallest absolute Gasteiger partial charge is 0.250 e. The van der Waals surface area contributed by atoms with Gasteiger partial charge in [-0.15, -0.1) is 10.2 Å². The van der Waals surface area contributed by atoms with E-state index >= 15 is 0 Å². The lowest BCUT2D eigenvalue weighted by atomic mass is 10.1. The molecule has 2 aromatic carbocycles. The summed E-state index contributed by atoms with van der Waals surface area (Å²) in [6.45, 7) is 4.78. The van der Waals surface area contributed by atoms with E-state index in [4.69, 9.17) is 4.74 Å². The van der Waals surface area contributed by atoms with Crippen LogP contribution in [0.3, 0.4) is 0 Å². The number of nitrogens with zero attached hydrogens (tertiary/aromatic N) is 2. The van der Waals surface area contributed by atoms with Crippen molar-refractivity contribution in [2.75, 3.05) is 5.32 Å². The number of aromatic nitrogens is 2. The predicted molar refractivity (Wildman–Crippen MR) is 113 cm³/mol. The highest BCUT2D eigenvalue weighted by molar-refractivity contribution is 7.15. The zero-order chi connectivity index (χ0) is 19.8. The molecule has 0 bridgehead atoms. The number of rotatable bonds is 8. The molecule has 1 heterocycles. The van der Waals surface area contributed by atoms with E-state index in [1.807, 2.05) is 54.6 Å². The highest BCUT2D eigenvalue weighted by Gasteiger charge is 2.07. The van der Waals surface area contributed by atoms with E-state index in [9.17, 15) is 4.79 Å². The Morgan fingerprint density at radius 3 is 2.57 bits per heavy atom. The number of benzene rings is 2. The zero-order valence-electron chi connectivity index (χ0n) is 16.0. The standard InChI is InChI=1S/C22H23N3O2S/c1-16(2)14-21-24-25-22(28-21)23-20(26)13-10-17-8-11-19(12-9-17)27-15-18-6-4-3-5-7-18/h3-13,16H,14-15H2,1-2H3,(H,23,25,26)/b13-10+. The molecule has 0 saturated carbocycles. The van der Waals surface area contributed by atoms with E-state index < -0.39 is 0 Å². The van der Waals surface area contributed by atoms with Gasteiger partial charge >= 0.3 is 0 Å². The Morgan fingerprint density at radius 1 is 1.11 bits per heavy atom. The maximum atomic E-state index is 12.1. The van der Waals surface area contributed by atoms with Crippen molar-refractivity contribution >= 4 is 28.5 Å². The topological polar surface area (TPSA) is 64.1 Å². The number of hydrogen-bond donors (Lipinski definition) is 1. The maximum absolute atomic E-state index is 12.1. The van der Waals surface area contributed by atoms with Crippen LogP contribution >= 0.6 is 11.3 Å². The third-order valence-corrected chi connectivity index (χ3v) is 4.70. The summed E-state index contributed by atoms with van der Waals surface area (Å²) in [4.78, 5) is 12.1. The molecule has 1 amide bonds. The SMILES string of the molecule is CC(C)Cc1nnc(NC(=O)/C=C/c2ccc(OCc3ccccc3)cc2)s1. The molecule has 0 aliphatic heterocycles. The highest BCUT2D eigenvalue weighted by Crippen LogP contribution is 2.18. The van der Waals surface area contributed by atoms with Crippen LogP contribution in [-0.2, 0) is 17.8 Å². The summed E-state index contributed by atoms with van der Waals surface area (Å²) in [5.41, 5.74) is 2.04. The number of anilines is 1.